The van der Waals surface area contributed by atoms with Crippen LogP contribution in [0.5, 0.6) is 0 Å². The fourth-order valence-corrected chi connectivity index (χ4v) is 0. The second-order valence-corrected chi connectivity index (χ2v) is 1.34. The summed E-state index contributed by atoms with van der Waals surface area (Å²) in [7, 11) is -4.67. The summed E-state index contributed by atoms with van der Waals surface area (Å²) in [5, 5.41) is 0. The van der Waals surface area contributed by atoms with Crippen molar-refractivity contribution in [3.63, 3.8) is 0 Å². The summed E-state index contributed by atoms with van der Waals surface area (Å²) in [5.41, 5.74) is 0. The summed E-state index contributed by atoms with van der Waals surface area (Å²) in [6.07, 6.45) is 0. The van der Waals surface area contributed by atoms with E-state index in [0.29, 0.717) is 0 Å². The molecule has 0 aliphatic heterocycles. The van der Waals surface area contributed by atoms with Crippen LogP contribution in [0.25, 0.3) is 0 Å². The molecule has 0 aromatic carbocycles. The Morgan fingerprint density at radius 2 is 1.14 bits per heavy atom. The molecule has 0 aromatic rings. The van der Waals surface area contributed by atoms with E-state index in [0.717, 1.165) is 0 Å². The maximum absolute atomic E-state index is 8.74. The zero-order chi connectivity index (χ0) is 4.50. The SMILES string of the molecule is O.O=S(=O)(O)O.[Co]. The van der Waals surface area contributed by atoms with Crippen LogP contribution in [-0.4, -0.2) is 23.0 Å². The van der Waals surface area contributed by atoms with Crippen molar-refractivity contribution in [3.8, 4) is 0 Å². The van der Waals surface area contributed by atoms with Crippen LogP contribution >= 0.6 is 0 Å². The summed E-state index contributed by atoms with van der Waals surface area (Å²) < 4.78 is 31.6. The molecule has 0 spiro atoms. The van der Waals surface area contributed by atoms with Crippen molar-refractivity contribution in [2.24, 2.45) is 0 Å². The molecule has 0 saturated carbocycles. The molecule has 0 atom stereocenters. The summed E-state index contributed by atoms with van der Waals surface area (Å²) in [6, 6.07) is 0. The third-order valence-corrected chi connectivity index (χ3v) is 0. The summed E-state index contributed by atoms with van der Waals surface area (Å²) >= 11 is 0. The van der Waals surface area contributed by atoms with Gasteiger partial charge in [-0.2, -0.15) is 8.42 Å². The topological polar surface area (TPSA) is 106 Å². The number of rotatable bonds is 0. The van der Waals surface area contributed by atoms with E-state index >= 15 is 0 Å². The third-order valence-electron chi connectivity index (χ3n) is 0. The van der Waals surface area contributed by atoms with E-state index in [1.54, 1.807) is 0 Å². The van der Waals surface area contributed by atoms with Crippen LogP contribution in [0, 0.1) is 0 Å². The number of hydrogen-bond donors (Lipinski definition) is 2. The molecule has 7 heteroatoms. The van der Waals surface area contributed by atoms with Crippen LogP contribution < -0.4 is 0 Å². The molecule has 0 aliphatic carbocycles. The minimum Gasteiger partial charge on any atom is -0.412 e. The van der Waals surface area contributed by atoms with Gasteiger partial charge in [0.05, 0.1) is 0 Å². The Kier molecular flexibility index (Phi) is 10.1. The van der Waals surface area contributed by atoms with Crippen molar-refractivity contribution in [2.45, 2.75) is 0 Å². The first-order valence-electron chi connectivity index (χ1n) is 0.698. The van der Waals surface area contributed by atoms with Crippen molar-refractivity contribution in [2.75, 3.05) is 0 Å². The van der Waals surface area contributed by atoms with E-state index < -0.39 is 10.4 Å². The zero-order valence-corrected chi connectivity index (χ0v) is 4.81. The van der Waals surface area contributed by atoms with E-state index in [2.05, 4.69) is 0 Å². The summed E-state index contributed by atoms with van der Waals surface area (Å²) in [6.45, 7) is 0. The van der Waals surface area contributed by atoms with Crippen LogP contribution in [0.4, 0.5) is 0 Å². The molecule has 0 aromatic heterocycles. The zero-order valence-electron chi connectivity index (χ0n) is 2.95. The molecule has 49 valence electrons. The molecule has 0 saturated heterocycles. The minimum absolute atomic E-state index is 0. The van der Waals surface area contributed by atoms with Gasteiger partial charge in [-0.3, -0.25) is 9.11 Å². The van der Waals surface area contributed by atoms with Crippen molar-refractivity contribution in [3.05, 3.63) is 0 Å². The maximum atomic E-state index is 8.74. The van der Waals surface area contributed by atoms with Crippen molar-refractivity contribution < 1.29 is 39.8 Å². The van der Waals surface area contributed by atoms with Gasteiger partial charge >= 0.3 is 10.4 Å². The van der Waals surface area contributed by atoms with Gasteiger partial charge in [0.15, 0.2) is 0 Å². The van der Waals surface area contributed by atoms with Gasteiger partial charge in [0.1, 0.15) is 0 Å². The predicted molar refractivity (Wildman–Crippen MR) is 17.8 cm³/mol. The normalized spacial score (nSPS) is 8.29. The largest absolute Gasteiger partial charge is 0.412 e. The first kappa shape index (κ1) is 15.7. The van der Waals surface area contributed by atoms with Crippen LogP contribution in [0.1, 0.15) is 0 Å². The Labute approximate surface area is 50.8 Å². The maximum Gasteiger partial charge on any atom is 0.394 e. The average Bonchev–Trinajstić information content (AvgIpc) is 0.722. The molecule has 7 heavy (non-hydrogen) atoms. The first-order valence-corrected chi connectivity index (χ1v) is 2.10. The predicted octanol–water partition coefficient (Wildman–Crippen LogP) is -1.48. The molecule has 0 rings (SSSR count). The fourth-order valence-electron chi connectivity index (χ4n) is 0. The van der Waals surface area contributed by atoms with Crippen molar-refractivity contribution >= 4 is 10.4 Å². The minimum atomic E-state index is -4.67. The molecule has 0 heterocycles. The van der Waals surface area contributed by atoms with E-state index in [1.807, 2.05) is 0 Å². The molecule has 1 radical (unpaired) electrons. The molecule has 4 N–H and O–H groups in total. The van der Waals surface area contributed by atoms with E-state index in [-0.39, 0.29) is 22.3 Å². The standard InChI is InChI=1S/Co.H2O4S.H2O/c;1-5(2,3)4;/h;(H2,1,2,3,4);1H2. The molecular formula is H4CoO5S. The van der Waals surface area contributed by atoms with Crippen LogP contribution in [-0.2, 0) is 27.2 Å². The van der Waals surface area contributed by atoms with Crippen molar-refractivity contribution in [1.29, 1.82) is 0 Å². The molecule has 0 unspecified atom stereocenters. The Morgan fingerprint density at radius 3 is 1.14 bits per heavy atom. The average molecular weight is 175 g/mol. The second kappa shape index (κ2) is 4.49. The molecular weight excluding hydrogens is 171 g/mol. The quantitative estimate of drug-likeness (QED) is 0.437. The molecule has 0 fully saturated rings. The van der Waals surface area contributed by atoms with E-state index in [9.17, 15) is 0 Å². The van der Waals surface area contributed by atoms with Crippen LogP contribution in [0.15, 0.2) is 0 Å². The van der Waals surface area contributed by atoms with Gasteiger partial charge in [0, 0.05) is 16.8 Å². The van der Waals surface area contributed by atoms with Crippen molar-refractivity contribution in [1.82, 2.24) is 0 Å². The summed E-state index contributed by atoms with van der Waals surface area (Å²) in [4.78, 5) is 0. The Hall–Kier alpha value is 0.336. The fraction of sp³-hybridized carbons (Fsp3) is 0. The Bertz CT molecular complexity index is 91.2. The number of hydrogen-bond acceptors (Lipinski definition) is 2. The summed E-state index contributed by atoms with van der Waals surface area (Å²) in [5.74, 6) is 0. The second-order valence-electron chi connectivity index (χ2n) is 0.448. The monoisotopic (exact) mass is 175 g/mol. The van der Waals surface area contributed by atoms with Gasteiger partial charge in [0.2, 0.25) is 0 Å². The van der Waals surface area contributed by atoms with Crippen LogP contribution in [0.3, 0.4) is 0 Å². The van der Waals surface area contributed by atoms with E-state index in [1.165, 1.54) is 0 Å². The molecule has 0 bridgehead atoms. The van der Waals surface area contributed by atoms with Gasteiger partial charge in [-0.25, -0.2) is 0 Å². The third kappa shape index (κ3) is 1050. The van der Waals surface area contributed by atoms with E-state index in [4.69, 9.17) is 17.5 Å². The van der Waals surface area contributed by atoms with Gasteiger partial charge in [-0.05, 0) is 0 Å². The molecule has 5 nitrogen and oxygen atoms in total. The molecule has 0 aliphatic rings. The van der Waals surface area contributed by atoms with Crippen LogP contribution in [0.2, 0.25) is 0 Å². The van der Waals surface area contributed by atoms with Gasteiger partial charge in [0.25, 0.3) is 0 Å². The van der Waals surface area contributed by atoms with Gasteiger partial charge in [-0.1, -0.05) is 0 Å². The molecule has 0 amide bonds. The smallest absolute Gasteiger partial charge is 0.394 e. The Morgan fingerprint density at radius 1 is 1.14 bits per heavy atom. The Balaban J connectivity index is -0.0000000800. The first-order chi connectivity index (χ1) is 2.00. The van der Waals surface area contributed by atoms with Gasteiger partial charge < -0.3 is 5.48 Å². The van der Waals surface area contributed by atoms with Gasteiger partial charge in [-0.15, -0.1) is 0 Å².